The Kier molecular flexibility index (Phi) is 6.99. The van der Waals surface area contributed by atoms with Crippen molar-refractivity contribution in [3.63, 3.8) is 0 Å². The maximum atomic E-state index is 8.69. The van der Waals surface area contributed by atoms with Crippen molar-refractivity contribution in [2.75, 3.05) is 6.61 Å². The molecule has 1 N–H and O–H groups in total. The number of hydrogen-bond donors (Lipinski definition) is 1. The van der Waals surface area contributed by atoms with Crippen molar-refractivity contribution in [2.24, 2.45) is 0 Å². The summed E-state index contributed by atoms with van der Waals surface area (Å²) < 4.78 is 0. The molecular formula is C16H26OSi. The van der Waals surface area contributed by atoms with E-state index in [1.165, 1.54) is 17.7 Å². The molecule has 1 aromatic carbocycles. The minimum absolute atomic E-state index is 0.331. The second-order valence-electron chi connectivity index (χ2n) is 5.50. The molecule has 100 valence electrons. The molecule has 0 radical (unpaired) electrons. The highest BCUT2D eigenvalue weighted by molar-refractivity contribution is 6.90. The summed E-state index contributed by atoms with van der Waals surface area (Å²) in [7, 11) is -1.28. The van der Waals surface area contributed by atoms with Crippen molar-refractivity contribution >= 4 is 13.3 Å². The number of unbranched alkanes of at least 4 members (excludes halogenated alkanes) is 3. The molecular weight excluding hydrogens is 236 g/mol. The fourth-order valence-corrected chi connectivity index (χ4v) is 4.14. The molecule has 0 unspecified atom stereocenters. The molecule has 0 aliphatic rings. The summed E-state index contributed by atoms with van der Waals surface area (Å²) in [5.74, 6) is 0. The summed E-state index contributed by atoms with van der Waals surface area (Å²) >= 11 is 0. The lowest BCUT2D eigenvalue weighted by atomic mass is 10.2. The summed E-state index contributed by atoms with van der Waals surface area (Å²) in [5, 5.41) is 10.2. The first-order valence-corrected chi connectivity index (χ1v) is 10.2. The van der Waals surface area contributed by atoms with Crippen LogP contribution in [-0.4, -0.2) is 19.8 Å². The van der Waals surface area contributed by atoms with E-state index in [1.807, 2.05) is 0 Å². The van der Waals surface area contributed by atoms with Gasteiger partial charge in [0.2, 0.25) is 0 Å². The molecule has 0 atom stereocenters. The van der Waals surface area contributed by atoms with E-state index in [1.54, 1.807) is 0 Å². The van der Waals surface area contributed by atoms with Crippen LogP contribution in [0.3, 0.4) is 0 Å². The maximum Gasteiger partial charge on any atom is 0.0843 e. The van der Waals surface area contributed by atoms with Crippen LogP contribution in [0, 0.1) is 0 Å². The van der Waals surface area contributed by atoms with Crippen LogP contribution in [0.1, 0.15) is 25.7 Å². The highest BCUT2D eigenvalue weighted by atomic mass is 28.3. The highest BCUT2D eigenvalue weighted by Crippen LogP contribution is 2.11. The first-order valence-electron chi connectivity index (χ1n) is 6.98. The Labute approximate surface area is 113 Å². The van der Waals surface area contributed by atoms with Crippen LogP contribution in [0.2, 0.25) is 19.1 Å². The summed E-state index contributed by atoms with van der Waals surface area (Å²) in [6.45, 7) is 5.19. The predicted molar refractivity (Wildman–Crippen MR) is 83.1 cm³/mol. The van der Waals surface area contributed by atoms with Gasteiger partial charge in [0.1, 0.15) is 0 Å². The monoisotopic (exact) mass is 262 g/mol. The van der Waals surface area contributed by atoms with Crippen LogP contribution in [-0.2, 0) is 0 Å². The average molecular weight is 262 g/mol. The highest BCUT2D eigenvalue weighted by Gasteiger charge is 2.20. The van der Waals surface area contributed by atoms with E-state index in [4.69, 9.17) is 5.11 Å². The van der Waals surface area contributed by atoms with Gasteiger partial charge in [0.05, 0.1) is 8.07 Å². The molecule has 1 aromatic rings. The van der Waals surface area contributed by atoms with E-state index in [-0.39, 0.29) is 0 Å². The van der Waals surface area contributed by atoms with Crippen molar-refractivity contribution in [1.29, 1.82) is 0 Å². The van der Waals surface area contributed by atoms with Crippen LogP contribution in [0.15, 0.2) is 42.5 Å². The van der Waals surface area contributed by atoms with Gasteiger partial charge in [-0.25, -0.2) is 0 Å². The quantitative estimate of drug-likeness (QED) is 0.430. The SMILES string of the molecule is C[Si](C)(C/C=C/CCCCCO)c1ccccc1. The smallest absolute Gasteiger partial charge is 0.0843 e. The lowest BCUT2D eigenvalue weighted by Gasteiger charge is -2.20. The van der Waals surface area contributed by atoms with Crippen molar-refractivity contribution in [2.45, 2.75) is 44.8 Å². The topological polar surface area (TPSA) is 20.2 Å². The zero-order valence-electron chi connectivity index (χ0n) is 11.7. The van der Waals surface area contributed by atoms with Crippen LogP contribution in [0.4, 0.5) is 0 Å². The summed E-state index contributed by atoms with van der Waals surface area (Å²) in [4.78, 5) is 0. The lowest BCUT2D eigenvalue weighted by molar-refractivity contribution is 0.283. The third-order valence-electron chi connectivity index (χ3n) is 3.38. The Morgan fingerprint density at radius 1 is 1.00 bits per heavy atom. The molecule has 0 saturated carbocycles. The fraction of sp³-hybridized carbons (Fsp3) is 0.500. The Hall–Kier alpha value is -0.863. The van der Waals surface area contributed by atoms with Gasteiger partial charge >= 0.3 is 0 Å². The van der Waals surface area contributed by atoms with Crippen LogP contribution >= 0.6 is 0 Å². The van der Waals surface area contributed by atoms with Crippen molar-refractivity contribution in [3.8, 4) is 0 Å². The minimum Gasteiger partial charge on any atom is -0.396 e. The van der Waals surface area contributed by atoms with Gasteiger partial charge < -0.3 is 5.11 Å². The number of rotatable bonds is 8. The maximum absolute atomic E-state index is 8.69. The number of allylic oxidation sites excluding steroid dienone is 2. The molecule has 0 heterocycles. The van der Waals surface area contributed by atoms with E-state index >= 15 is 0 Å². The molecule has 0 aromatic heterocycles. The van der Waals surface area contributed by atoms with Crippen molar-refractivity contribution in [3.05, 3.63) is 42.5 Å². The Morgan fingerprint density at radius 3 is 2.39 bits per heavy atom. The summed E-state index contributed by atoms with van der Waals surface area (Å²) in [5.41, 5.74) is 0. The molecule has 1 nitrogen and oxygen atoms in total. The number of hydrogen-bond acceptors (Lipinski definition) is 1. The van der Waals surface area contributed by atoms with E-state index in [9.17, 15) is 0 Å². The van der Waals surface area contributed by atoms with E-state index < -0.39 is 8.07 Å². The van der Waals surface area contributed by atoms with Crippen LogP contribution in [0.25, 0.3) is 0 Å². The van der Waals surface area contributed by atoms with Gasteiger partial charge in [0.15, 0.2) is 0 Å². The molecule has 0 amide bonds. The first-order chi connectivity index (χ1) is 8.67. The van der Waals surface area contributed by atoms with Gasteiger partial charge in [-0.15, -0.1) is 0 Å². The fourth-order valence-electron chi connectivity index (χ4n) is 2.05. The summed E-state index contributed by atoms with van der Waals surface area (Å²) in [6, 6.07) is 12.1. The molecule has 0 aliphatic carbocycles. The second-order valence-corrected chi connectivity index (χ2v) is 10.3. The van der Waals surface area contributed by atoms with E-state index in [0.29, 0.717) is 6.61 Å². The minimum atomic E-state index is -1.28. The molecule has 0 fully saturated rings. The van der Waals surface area contributed by atoms with Gasteiger partial charge in [-0.3, -0.25) is 0 Å². The zero-order valence-corrected chi connectivity index (χ0v) is 12.7. The number of aliphatic hydroxyl groups is 1. The lowest BCUT2D eigenvalue weighted by Crippen LogP contribution is -2.40. The van der Waals surface area contributed by atoms with Gasteiger partial charge in [-0.2, -0.15) is 0 Å². The van der Waals surface area contributed by atoms with E-state index in [2.05, 4.69) is 55.6 Å². The summed E-state index contributed by atoms with van der Waals surface area (Å²) in [6.07, 6.45) is 9.11. The number of benzene rings is 1. The van der Waals surface area contributed by atoms with Crippen molar-refractivity contribution in [1.82, 2.24) is 0 Å². The van der Waals surface area contributed by atoms with Gasteiger partial charge in [0, 0.05) is 6.61 Å². The number of aliphatic hydroxyl groups excluding tert-OH is 1. The largest absolute Gasteiger partial charge is 0.396 e. The standard InChI is InChI=1S/C16H26OSi/c1-18(2,16-12-8-7-9-13-16)15-11-6-4-3-5-10-14-17/h6-9,11-13,17H,3-5,10,14-15H2,1-2H3/b11-6+. The molecule has 0 saturated heterocycles. The third-order valence-corrected chi connectivity index (χ3v) is 6.53. The Balaban J connectivity index is 2.31. The molecule has 0 spiro atoms. The van der Waals surface area contributed by atoms with Crippen LogP contribution < -0.4 is 5.19 Å². The Bertz CT molecular complexity index is 343. The van der Waals surface area contributed by atoms with Gasteiger partial charge in [-0.1, -0.05) is 67.2 Å². The average Bonchev–Trinajstić information content (AvgIpc) is 2.39. The second kappa shape index (κ2) is 8.28. The molecule has 1 rings (SSSR count). The first kappa shape index (κ1) is 15.2. The van der Waals surface area contributed by atoms with Gasteiger partial charge in [0.25, 0.3) is 0 Å². The van der Waals surface area contributed by atoms with Gasteiger partial charge in [-0.05, 0) is 25.3 Å². The normalized spacial score (nSPS) is 12.2. The van der Waals surface area contributed by atoms with Crippen molar-refractivity contribution < 1.29 is 5.11 Å². The third kappa shape index (κ3) is 5.65. The Morgan fingerprint density at radius 2 is 1.72 bits per heavy atom. The molecule has 2 heteroatoms. The zero-order chi connectivity index (χ0) is 13.3. The molecule has 18 heavy (non-hydrogen) atoms. The molecule has 0 bridgehead atoms. The predicted octanol–water partition coefficient (Wildman–Crippen LogP) is 3.71. The molecule has 0 aliphatic heterocycles. The van der Waals surface area contributed by atoms with E-state index in [0.717, 1.165) is 19.3 Å². The van der Waals surface area contributed by atoms with Crippen LogP contribution in [0.5, 0.6) is 0 Å².